The van der Waals surface area contributed by atoms with Crippen molar-refractivity contribution in [1.29, 1.82) is 0 Å². The van der Waals surface area contributed by atoms with Gasteiger partial charge < -0.3 is 15.2 Å². The Morgan fingerprint density at radius 3 is 2.87 bits per heavy atom. The number of fused-ring (bicyclic) bond motifs is 1. The van der Waals surface area contributed by atoms with E-state index in [1.807, 2.05) is 0 Å². The fourth-order valence-corrected chi connectivity index (χ4v) is 1.82. The summed E-state index contributed by atoms with van der Waals surface area (Å²) >= 11 is 0. The molecule has 15 heavy (non-hydrogen) atoms. The number of amides is 1. The molecule has 1 atom stereocenters. The van der Waals surface area contributed by atoms with Gasteiger partial charge in [-0.15, -0.1) is 0 Å². The van der Waals surface area contributed by atoms with Crippen LogP contribution in [-0.4, -0.2) is 17.3 Å². The van der Waals surface area contributed by atoms with E-state index in [1.54, 1.807) is 24.3 Å². The molecule has 1 aliphatic rings. The summed E-state index contributed by atoms with van der Waals surface area (Å²) in [4.78, 5) is 21.9. The van der Waals surface area contributed by atoms with E-state index >= 15 is 0 Å². The molecule has 1 aromatic carbocycles. The van der Waals surface area contributed by atoms with Crippen molar-refractivity contribution in [3.63, 3.8) is 0 Å². The first-order valence-electron chi connectivity index (χ1n) is 4.75. The van der Waals surface area contributed by atoms with Crippen molar-refractivity contribution in [1.82, 2.24) is 0 Å². The summed E-state index contributed by atoms with van der Waals surface area (Å²) in [6.07, 6.45) is 0.990. The minimum atomic E-state index is -1.54. The molecule has 0 radical (unpaired) electrons. The lowest BCUT2D eigenvalue weighted by Crippen LogP contribution is -2.34. The zero-order chi connectivity index (χ0) is 10.9. The molecule has 0 spiro atoms. The van der Waals surface area contributed by atoms with E-state index < -0.39 is 11.5 Å². The third-order valence-electron chi connectivity index (χ3n) is 2.62. The molecule has 0 saturated carbocycles. The van der Waals surface area contributed by atoms with Crippen molar-refractivity contribution in [3.8, 4) is 0 Å². The summed E-state index contributed by atoms with van der Waals surface area (Å²) in [6, 6.07) is 6.96. The van der Waals surface area contributed by atoms with Crippen molar-refractivity contribution < 1.29 is 14.7 Å². The van der Waals surface area contributed by atoms with Crippen molar-refractivity contribution in [2.45, 2.75) is 18.4 Å². The van der Waals surface area contributed by atoms with Crippen LogP contribution in [0.1, 0.15) is 18.4 Å². The van der Waals surface area contributed by atoms with Crippen LogP contribution in [0.25, 0.3) is 0 Å². The SMILES string of the molecule is O=CCCC1(O)C(=O)Nc2ccccc21. The van der Waals surface area contributed by atoms with E-state index in [0.717, 1.165) is 0 Å². The van der Waals surface area contributed by atoms with Crippen LogP contribution in [0.3, 0.4) is 0 Å². The molecule has 0 aromatic heterocycles. The van der Waals surface area contributed by atoms with Crippen LogP contribution in [0.5, 0.6) is 0 Å². The molecule has 1 unspecified atom stereocenters. The van der Waals surface area contributed by atoms with Gasteiger partial charge in [0, 0.05) is 17.7 Å². The number of hydrogen-bond acceptors (Lipinski definition) is 3. The van der Waals surface area contributed by atoms with Crippen LogP contribution >= 0.6 is 0 Å². The van der Waals surface area contributed by atoms with Crippen LogP contribution in [0.2, 0.25) is 0 Å². The molecule has 78 valence electrons. The standard InChI is InChI=1S/C11H11NO3/c13-7-3-6-11(15)8-4-1-2-5-9(8)12-10(11)14/h1-2,4-5,7,15H,3,6H2,(H,12,14). The van der Waals surface area contributed by atoms with Crippen LogP contribution in [0, 0.1) is 0 Å². The van der Waals surface area contributed by atoms with Crippen LogP contribution in [0.4, 0.5) is 5.69 Å². The van der Waals surface area contributed by atoms with Gasteiger partial charge in [0.25, 0.3) is 5.91 Å². The number of nitrogens with one attached hydrogen (secondary N) is 1. The number of hydrogen-bond donors (Lipinski definition) is 2. The quantitative estimate of drug-likeness (QED) is 0.717. The summed E-state index contributed by atoms with van der Waals surface area (Å²) in [6.45, 7) is 0. The summed E-state index contributed by atoms with van der Waals surface area (Å²) in [5, 5.41) is 12.8. The van der Waals surface area contributed by atoms with Crippen molar-refractivity contribution in [3.05, 3.63) is 29.8 Å². The number of aliphatic hydroxyl groups is 1. The first-order valence-corrected chi connectivity index (χ1v) is 4.75. The Morgan fingerprint density at radius 1 is 1.40 bits per heavy atom. The molecule has 4 nitrogen and oxygen atoms in total. The van der Waals surface area contributed by atoms with E-state index in [-0.39, 0.29) is 12.8 Å². The maximum absolute atomic E-state index is 11.6. The second-order valence-electron chi connectivity index (χ2n) is 3.57. The molecule has 4 heteroatoms. The van der Waals surface area contributed by atoms with Gasteiger partial charge in [0.05, 0.1) is 0 Å². The topological polar surface area (TPSA) is 66.4 Å². The number of carbonyl (C=O) groups excluding carboxylic acids is 2. The molecule has 1 aliphatic heterocycles. The smallest absolute Gasteiger partial charge is 0.261 e. The Morgan fingerprint density at radius 2 is 2.13 bits per heavy atom. The third-order valence-corrected chi connectivity index (χ3v) is 2.62. The van der Waals surface area contributed by atoms with Gasteiger partial charge in [0.15, 0.2) is 5.60 Å². The molecule has 0 fully saturated rings. The number of para-hydroxylation sites is 1. The van der Waals surface area contributed by atoms with Gasteiger partial charge in [-0.2, -0.15) is 0 Å². The highest BCUT2D eigenvalue weighted by atomic mass is 16.3. The number of benzene rings is 1. The number of anilines is 1. The molecular formula is C11H11NO3. The average molecular weight is 205 g/mol. The Bertz CT molecular complexity index is 416. The van der Waals surface area contributed by atoms with Crippen LogP contribution < -0.4 is 5.32 Å². The van der Waals surface area contributed by atoms with Gasteiger partial charge in [-0.25, -0.2) is 0 Å². The van der Waals surface area contributed by atoms with E-state index in [1.165, 1.54) is 0 Å². The minimum absolute atomic E-state index is 0.124. The van der Waals surface area contributed by atoms with Gasteiger partial charge in [-0.1, -0.05) is 18.2 Å². The monoisotopic (exact) mass is 205 g/mol. The van der Waals surface area contributed by atoms with E-state index in [4.69, 9.17) is 0 Å². The zero-order valence-corrected chi connectivity index (χ0v) is 8.06. The van der Waals surface area contributed by atoms with E-state index in [0.29, 0.717) is 17.5 Å². The maximum Gasteiger partial charge on any atom is 0.261 e. The van der Waals surface area contributed by atoms with Crippen molar-refractivity contribution >= 4 is 17.9 Å². The van der Waals surface area contributed by atoms with Crippen LogP contribution in [-0.2, 0) is 15.2 Å². The number of carbonyl (C=O) groups is 2. The molecule has 0 saturated heterocycles. The first-order chi connectivity index (χ1) is 7.18. The largest absolute Gasteiger partial charge is 0.375 e. The Labute approximate surface area is 86.9 Å². The zero-order valence-electron chi connectivity index (χ0n) is 8.06. The lowest BCUT2D eigenvalue weighted by atomic mass is 9.91. The molecule has 1 aromatic rings. The van der Waals surface area contributed by atoms with Gasteiger partial charge in [0.1, 0.15) is 6.29 Å². The number of aldehydes is 1. The average Bonchev–Trinajstić information content (AvgIpc) is 2.50. The summed E-state index contributed by atoms with van der Waals surface area (Å²) in [7, 11) is 0. The second-order valence-corrected chi connectivity index (χ2v) is 3.57. The highest BCUT2D eigenvalue weighted by molar-refractivity contribution is 6.04. The molecule has 0 aliphatic carbocycles. The molecule has 1 heterocycles. The Hall–Kier alpha value is -1.68. The molecule has 2 N–H and O–H groups in total. The fraction of sp³-hybridized carbons (Fsp3) is 0.273. The Balaban J connectivity index is 2.40. The predicted octanol–water partition coefficient (Wildman–Crippen LogP) is 0.805. The molecular weight excluding hydrogens is 194 g/mol. The molecule has 1 amide bonds. The first kappa shape index (κ1) is 9.86. The lowest BCUT2D eigenvalue weighted by Gasteiger charge is -2.19. The van der Waals surface area contributed by atoms with Gasteiger partial charge >= 0.3 is 0 Å². The molecule has 0 bridgehead atoms. The number of rotatable bonds is 3. The highest BCUT2D eigenvalue weighted by Gasteiger charge is 2.44. The molecule has 2 rings (SSSR count). The summed E-state index contributed by atoms with van der Waals surface area (Å²) < 4.78 is 0. The van der Waals surface area contributed by atoms with E-state index in [9.17, 15) is 14.7 Å². The third kappa shape index (κ3) is 1.43. The van der Waals surface area contributed by atoms with Crippen molar-refractivity contribution in [2.24, 2.45) is 0 Å². The van der Waals surface area contributed by atoms with Crippen molar-refractivity contribution in [2.75, 3.05) is 5.32 Å². The summed E-state index contributed by atoms with van der Waals surface area (Å²) in [5.41, 5.74) is -0.370. The van der Waals surface area contributed by atoms with Crippen LogP contribution in [0.15, 0.2) is 24.3 Å². The second kappa shape index (κ2) is 3.47. The highest BCUT2D eigenvalue weighted by Crippen LogP contribution is 2.38. The van der Waals surface area contributed by atoms with E-state index in [2.05, 4.69) is 5.32 Å². The van der Waals surface area contributed by atoms with Gasteiger partial charge in [-0.3, -0.25) is 4.79 Å². The minimum Gasteiger partial charge on any atom is -0.375 e. The van der Waals surface area contributed by atoms with Gasteiger partial charge in [0.2, 0.25) is 0 Å². The predicted molar refractivity (Wildman–Crippen MR) is 54.3 cm³/mol. The normalized spacial score (nSPS) is 23.4. The fourth-order valence-electron chi connectivity index (χ4n) is 1.82. The maximum atomic E-state index is 11.6. The Kier molecular flexibility index (Phi) is 2.28. The van der Waals surface area contributed by atoms with Gasteiger partial charge in [-0.05, 0) is 12.5 Å². The lowest BCUT2D eigenvalue weighted by molar-refractivity contribution is -0.134. The summed E-state index contributed by atoms with van der Waals surface area (Å²) in [5.74, 6) is -0.453.